The second-order valence-electron chi connectivity index (χ2n) is 4.64. The second-order valence-corrected chi connectivity index (χ2v) is 5.86. The quantitative estimate of drug-likeness (QED) is 0.909. The summed E-state index contributed by atoms with van der Waals surface area (Å²) in [5.41, 5.74) is 1.03. The smallest absolute Gasteiger partial charge is 0.317 e. The Hall–Kier alpha value is -1.43. The summed E-state index contributed by atoms with van der Waals surface area (Å²) in [5.74, 6) is 2.96. The third-order valence-corrected chi connectivity index (χ3v) is 3.96. The minimum absolute atomic E-state index is 0.0221. The van der Waals surface area contributed by atoms with Crippen LogP contribution >= 0.6 is 11.8 Å². The van der Waals surface area contributed by atoms with Crippen molar-refractivity contribution in [1.82, 2.24) is 15.2 Å². The number of hydrogen-bond acceptors (Lipinski definition) is 4. The lowest BCUT2D eigenvalue weighted by Gasteiger charge is -2.26. The Bertz CT molecular complexity index is 432. The van der Waals surface area contributed by atoms with Gasteiger partial charge in [0.1, 0.15) is 5.82 Å². The van der Waals surface area contributed by atoms with Gasteiger partial charge in [-0.25, -0.2) is 9.78 Å². The number of carbonyl (C=O) groups is 1. The second kappa shape index (κ2) is 6.65. The number of rotatable bonds is 3. The van der Waals surface area contributed by atoms with Gasteiger partial charge >= 0.3 is 6.03 Å². The molecule has 0 aromatic carbocycles. The summed E-state index contributed by atoms with van der Waals surface area (Å²) < 4.78 is 0. The summed E-state index contributed by atoms with van der Waals surface area (Å²) in [6.45, 7) is 2.19. The average Bonchev–Trinajstić information content (AvgIpc) is 2.46. The zero-order valence-electron chi connectivity index (χ0n) is 11.4. The van der Waals surface area contributed by atoms with Gasteiger partial charge in [0.25, 0.3) is 0 Å². The van der Waals surface area contributed by atoms with Gasteiger partial charge < -0.3 is 15.1 Å². The summed E-state index contributed by atoms with van der Waals surface area (Å²) >= 11 is 1.90. The molecule has 2 amide bonds. The van der Waals surface area contributed by atoms with E-state index < -0.39 is 0 Å². The van der Waals surface area contributed by atoms with Crippen molar-refractivity contribution in [1.29, 1.82) is 0 Å². The highest BCUT2D eigenvalue weighted by atomic mass is 32.2. The number of nitrogens with one attached hydrogen (secondary N) is 1. The zero-order valence-corrected chi connectivity index (χ0v) is 12.2. The Morgan fingerprint density at radius 2 is 2.21 bits per heavy atom. The van der Waals surface area contributed by atoms with Crippen LogP contribution in [0.2, 0.25) is 0 Å². The van der Waals surface area contributed by atoms with Gasteiger partial charge in [-0.2, -0.15) is 11.8 Å². The fraction of sp³-hybridized carbons (Fsp3) is 0.538. The summed E-state index contributed by atoms with van der Waals surface area (Å²) in [5, 5.41) is 2.98. The maximum atomic E-state index is 12.0. The lowest BCUT2D eigenvalue weighted by Crippen LogP contribution is -2.44. The van der Waals surface area contributed by atoms with E-state index in [4.69, 9.17) is 0 Å². The maximum Gasteiger partial charge on any atom is 0.317 e. The van der Waals surface area contributed by atoms with Gasteiger partial charge in [0.05, 0.1) is 0 Å². The third-order valence-electron chi connectivity index (χ3n) is 3.02. The number of nitrogens with zero attached hydrogens (tertiary/aromatic N) is 3. The van der Waals surface area contributed by atoms with Crippen molar-refractivity contribution >= 4 is 23.6 Å². The van der Waals surface area contributed by atoms with Gasteiger partial charge in [0.15, 0.2) is 0 Å². The van der Waals surface area contributed by atoms with Crippen LogP contribution in [0.4, 0.5) is 10.6 Å². The Morgan fingerprint density at radius 3 is 2.89 bits per heavy atom. The van der Waals surface area contributed by atoms with Crippen molar-refractivity contribution in [3.8, 4) is 0 Å². The van der Waals surface area contributed by atoms with Crippen LogP contribution in [0.15, 0.2) is 18.3 Å². The molecule has 0 spiro atoms. The van der Waals surface area contributed by atoms with Crippen LogP contribution in [0.5, 0.6) is 0 Å². The molecule has 1 aromatic heterocycles. The monoisotopic (exact) mass is 280 g/mol. The molecular weight excluding hydrogens is 260 g/mol. The zero-order chi connectivity index (χ0) is 13.7. The molecule has 0 aliphatic carbocycles. The standard InChI is InChI=1S/C13H20N4OS/c1-16(2)12-11(4-3-5-14-12)10-15-13(18)17-6-8-19-9-7-17/h3-5H,6-10H2,1-2H3,(H,15,18). The van der Waals surface area contributed by atoms with E-state index in [1.165, 1.54) is 0 Å². The number of anilines is 1. The van der Waals surface area contributed by atoms with Crippen LogP contribution in [0.1, 0.15) is 5.56 Å². The molecule has 0 bridgehead atoms. The van der Waals surface area contributed by atoms with E-state index in [-0.39, 0.29) is 6.03 Å². The molecule has 1 N–H and O–H groups in total. The number of urea groups is 1. The molecule has 104 valence electrons. The molecule has 0 unspecified atom stereocenters. The molecule has 0 radical (unpaired) electrons. The highest BCUT2D eigenvalue weighted by molar-refractivity contribution is 7.99. The van der Waals surface area contributed by atoms with Crippen molar-refractivity contribution < 1.29 is 4.79 Å². The van der Waals surface area contributed by atoms with Crippen LogP contribution in [0, 0.1) is 0 Å². The van der Waals surface area contributed by atoms with Crippen molar-refractivity contribution in [3.05, 3.63) is 23.9 Å². The first-order valence-corrected chi connectivity index (χ1v) is 7.55. The number of hydrogen-bond donors (Lipinski definition) is 1. The topological polar surface area (TPSA) is 48.5 Å². The van der Waals surface area contributed by atoms with Crippen LogP contribution in [-0.4, -0.2) is 54.6 Å². The first-order chi connectivity index (χ1) is 9.18. The van der Waals surface area contributed by atoms with Crippen LogP contribution in [-0.2, 0) is 6.54 Å². The molecule has 2 heterocycles. The lowest BCUT2D eigenvalue weighted by atomic mass is 10.2. The Labute approximate surface area is 118 Å². The molecule has 1 aromatic rings. The largest absolute Gasteiger partial charge is 0.362 e. The van der Waals surface area contributed by atoms with Crippen molar-refractivity contribution in [2.24, 2.45) is 0 Å². The highest BCUT2D eigenvalue weighted by Crippen LogP contribution is 2.14. The van der Waals surface area contributed by atoms with E-state index in [0.717, 1.165) is 36.0 Å². The molecule has 5 nitrogen and oxygen atoms in total. The molecule has 0 saturated carbocycles. The van der Waals surface area contributed by atoms with Crippen molar-refractivity contribution in [3.63, 3.8) is 0 Å². The minimum Gasteiger partial charge on any atom is -0.362 e. The first kappa shape index (κ1) is 14.0. The molecule has 1 aliphatic heterocycles. The molecule has 1 saturated heterocycles. The Morgan fingerprint density at radius 1 is 1.47 bits per heavy atom. The highest BCUT2D eigenvalue weighted by Gasteiger charge is 2.16. The van der Waals surface area contributed by atoms with Gasteiger partial charge in [0, 0.05) is 57.0 Å². The fourth-order valence-electron chi connectivity index (χ4n) is 2.02. The average molecular weight is 280 g/mol. The van der Waals surface area contributed by atoms with Crippen LogP contribution < -0.4 is 10.2 Å². The number of pyridine rings is 1. The van der Waals surface area contributed by atoms with Gasteiger partial charge in [-0.3, -0.25) is 0 Å². The normalized spacial score (nSPS) is 15.2. The van der Waals surface area contributed by atoms with Gasteiger partial charge in [-0.1, -0.05) is 6.07 Å². The molecule has 2 rings (SSSR count). The van der Waals surface area contributed by atoms with Gasteiger partial charge in [-0.05, 0) is 6.07 Å². The number of thioether (sulfide) groups is 1. The summed E-state index contributed by atoms with van der Waals surface area (Å²) in [4.78, 5) is 20.2. The van der Waals surface area contributed by atoms with E-state index >= 15 is 0 Å². The van der Waals surface area contributed by atoms with E-state index in [9.17, 15) is 4.79 Å². The summed E-state index contributed by atoms with van der Waals surface area (Å²) in [7, 11) is 3.91. The molecule has 1 aliphatic rings. The fourth-order valence-corrected chi connectivity index (χ4v) is 2.92. The third kappa shape index (κ3) is 3.76. The van der Waals surface area contributed by atoms with Crippen LogP contribution in [0.25, 0.3) is 0 Å². The number of amides is 2. The SMILES string of the molecule is CN(C)c1ncccc1CNC(=O)N1CCSCC1. The predicted molar refractivity (Wildman–Crippen MR) is 79.7 cm³/mol. The van der Waals surface area contributed by atoms with Gasteiger partial charge in [-0.15, -0.1) is 0 Å². The predicted octanol–water partition coefficient (Wildman–Crippen LogP) is 1.41. The molecular formula is C13H20N4OS. The van der Waals surface area contributed by atoms with Crippen LogP contribution in [0.3, 0.4) is 0 Å². The minimum atomic E-state index is 0.0221. The molecule has 6 heteroatoms. The summed E-state index contributed by atoms with van der Waals surface area (Å²) in [6.07, 6.45) is 1.77. The summed E-state index contributed by atoms with van der Waals surface area (Å²) in [6, 6.07) is 3.91. The Balaban J connectivity index is 1.93. The Kier molecular flexibility index (Phi) is 4.90. The lowest BCUT2D eigenvalue weighted by molar-refractivity contribution is 0.202. The number of aromatic nitrogens is 1. The van der Waals surface area contributed by atoms with E-state index in [2.05, 4.69) is 10.3 Å². The van der Waals surface area contributed by atoms with Crippen molar-refractivity contribution in [2.75, 3.05) is 43.6 Å². The van der Waals surface area contributed by atoms with E-state index in [1.54, 1.807) is 6.20 Å². The number of carbonyl (C=O) groups excluding carboxylic acids is 1. The molecule has 0 atom stereocenters. The molecule has 1 fully saturated rings. The maximum absolute atomic E-state index is 12.0. The first-order valence-electron chi connectivity index (χ1n) is 6.40. The van der Waals surface area contributed by atoms with Gasteiger partial charge in [0.2, 0.25) is 0 Å². The van der Waals surface area contributed by atoms with E-state index in [1.807, 2.05) is 47.8 Å². The van der Waals surface area contributed by atoms with E-state index in [0.29, 0.717) is 6.54 Å². The molecule has 19 heavy (non-hydrogen) atoms. The van der Waals surface area contributed by atoms with Crippen molar-refractivity contribution in [2.45, 2.75) is 6.54 Å².